The monoisotopic (exact) mass is 256 g/mol. The number of aldehydes is 1. The number of rotatable bonds is 2. The van der Waals surface area contributed by atoms with Gasteiger partial charge in [-0.1, -0.05) is 18.2 Å². The fourth-order valence-corrected chi connectivity index (χ4v) is 3.14. The highest BCUT2D eigenvalue weighted by Gasteiger charge is 2.16. The number of hydrogen-bond donors (Lipinski definition) is 0. The van der Waals surface area contributed by atoms with E-state index in [-0.39, 0.29) is 0 Å². The lowest BCUT2D eigenvalue weighted by Gasteiger charge is -2.03. The Hall–Kier alpha value is -1.94. The molecule has 0 saturated heterocycles. The quantitative estimate of drug-likeness (QED) is 0.658. The number of fused-ring (bicyclic) bond motifs is 1. The molecule has 3 nitrogen and oxygen atoms in total. The summed E-state index contributed by atoms with van der Waals surface area (Å²) < 4.78 is 3.20. The van der Waals surface area contributed by atoms with E-state index in [0.717, 1.165) is 23.4 Å². The smallest absolute Gasteiger partial charge is 0.170 e. The van der Waals surface area contributed by atoms with Crippen molar-refractivity contribution in [3.8, 4) is 11.3 Å². The molecule has 2 heterocycles. The van der Waals surface area contributed by atoms with E-state index in [9.17, 15) is 4.79 Å². The number of hydrogen-bond acceptors (Lipinski definition) is 3. The van der Waals surface area contributed by atoms with Crippen LogP contribution >= 0.6 is 11.3 Å². The fraction of sp³-hybridized carbons (Fsp3) is 0.143. The number of nitrogens with zero attached hydrogens (tertiary/aromatic N) is 2. The maximum atomic E-state index is 11.2. The van der Waals surface area contributed by atoms with Gasteiger partial charge in [0.1, 0.15) is 11.5 Å². The summed E-state index contributed by atoms with van der Waals surface area (Å²) >= 11 is 1.69. The maximum Gasteiger partial charge on any atom is 0.170 e. The van der Waals surface area contributed by atoms with Crippen molar-refractivity contribution in [2.24, 2.45) is 7.05 Å². The highest BCUT2D eigenvalue weighted by molar-refractivity contribution is 7.17. The molecule has 3 aromatic rings. The van der Waals surface area contributed by atoms with Crippen molar-refractivity contribution in [1.82, 2.24) is 9.55 Å². The second kappa shape index (κ2) is 4.07. The van der Waals surface area contributed by atoms with Crippen molar-refractivity contribution in [3.05, 3.63) is 41.2 Å². The normalized spacial score (nSPS) is 11.0. The summed E-state index contributed by atoms with van der Waals surface area (Å²) in [5, 5.41) is 3.27. The molecule has 3 rings (SSSR count). The van der Waals surface area contributed by atoms with Crippen LogP contribution in [0.25, 0.3) is 21.3 Å². The van der Waals surface area contributed by atoms with E-state index in [0.29, 0.717) is 5.69 Å². The topological polar surface area (TPSA) is 34.9 Å². The minimum absolute atomic E-state index is 0.513. The van der Waals surface area contributed by atoms with Crippen LogP contribution in [0.1, 0.15) is 16.3 Å². The molecule has 0 aliphatic rings. The van der Waals surface area contributed by atoms with Crippen LogP contribution in [-0.4, -0.2) is 15.8 Å². The van der Waals surface area contributed by atoms with Crippen molar-refractivity contribution in [1.29, 1.82) is 0 Å². The molecule has 0 atom stereocenters. The van der Waals surface area contributed by atoms with Gasteiger partial charge >= 0.3 is 0 Å². The first kappa shape index (κ1) is 11.2. The average Bonchev–Trinajstić information content (AvgIpc) is 2.92. The van der Waals surface area contributed by atoms with Gasteiger partial charge in [-0.05, 0) is 13.0 Å². The summed E-state index contributed by atoms with van der Waals surface area (Å²) in [5.41, 5.74) is 2.50. The third-order valence-electron chi connectivity index (χ3n) is 3.19. The predicted molar refractivity (Wildman–Crippen MR) is 74.2 cm³/mol. The Bertz CT molecular complexity index is 739. The molecule has 2 aromatic heterocycles. The van der Waals surface area contributed by atoms with E-state index in [1.807, 2.05) is 30.7 Å². The first-order valence-electron chi connectivity index (χ1n) is 5.67. The fourth-order valence-electron chi connectivity index (χ4n) is 2.20. The highest BCUT2D eigenvalue weighted by Crippen LogP contribution is 2.35. The highest BCUT2D eigenvalue weighted by atomic mass is 32.1. The van der Waals surface area contributed by atoms with Crippen LogP contribution in [0, 0.1) is 6.92 Å². The van der Waals surface area contributed by atoms with Crippen LogP contribution < -0.4 is 0 Å². The summed E-state index contributed by atoms with van der Waals surface area (Å²) in [6.45, 7) is 1.91. The number of carbonyl (C=O) groups excluding carboxylic acids is 1. The second-order valence-corrected chi connectivity index (χ2v) is 5.13. The van der Waals surface area contributed by atoms with Gasteiger partial charge in [0.05, 0.1) is 5.69 Å². The number of thiophene rings is 1. The summed E-state index contributed by atoms with van der Waals surface area (Å²) in [5.74, 6) is 0.849. The summed E-state index contributed by atoms with van der Waals surface area (Å²) in [4.78, 5) is 15.4. The lowest BCUT2D eigenvalue weighted by atomic mass is 10.1. The predicted octanol–water partition coefficient (Wildman–Crippen LogP) is 3.42. The van der Waals surface area contributed by atoms with Gasteiger partial charge in [0.25, 0.3) is 0 Å². The molecule has 0 bridgehead atoms. The van der Waals surface area contributed by atoms with Gasteiger partial charge in [0.15, 0.2) is 6.29 Å². The number of aryl methyl sites for hydroxylation is 1. The SMILES string of the molecule is Cc1nc(C=O)c(-c2csc3ccccc23)n1C. The third kappa shape index (κ3) is 1.49. The molecule has 90 valence electrons. The summed E-state index contributed by atoms with van der Waals surface area (Å²) in [6.07, 6.45) is 0.828. The van der Waals surface area contributed by atoms with Gasteiger partial charge in [0.2, 0.25) is 0 Å². The molecule has 0 aliphatic heterocycles. The standard InChI is InChI=1S/C14H12N2OS/c1-9-15-12(7-17)14(16(9)2)11-8-18-13-6-4-3-5-10(11)13/h3-8H,1-2H3. The van der Waals surface area contributed by atoms with Crippen LogP contribution in [0.15, 0.2) is 29.6 Å². The van der Waals surface area contributed by atoms with E-state index >= 15 is 0 Å². The summed E-state index contributed by atoms with van der Waals surface area (Å²) in [7, 11) is 1.94. The van der Waals surface area contributed by atoms with Crippen molar-refractivity contribution >= 4 is 27.7 Å². The first-order chi connectivity index (χ1) is 8.72. The zero-order chi connectivity index (χ0) is 12.7. The van der Waals surface area contributed by atoms with Gasteiger partial charge in [-0.15, -0.1) is 11.3 Å². The van der Waals surface area contributed by atoms with Crippen molar-refractivity contribution < 1.29 is 4.79 Å². The Morgan fingerprint density at radius 1 is 1.33 bits per heavy atom. The van der Waals surface area contributed by atoms with E-state index < -0.39 is 0 Å². The summed E-state index contributed by atoms with van der Waals surface area (Å²) in [6, 6.07) is 8.21. The second-order valence-electron chi connectivity index (χ2n) is 4.22. The molecule has 18 heavy (non-hydrogen) atoms. The molecule has 1 aromatic carbocycles. The Morgan fingerprint density at radius 3 is 2.89 bits per heavy atom. The van der Waals surface area contributed by atoms with E-state index in [1.165, 1.54) is 10.1 Å². The number of benzene rings is 1. The van der Waals surface area contributed by atoms with Crippen LogP contribution in [0.4, 0.5) is 0 Å². The molecule has 0 N–H and O–H groups in total. The number of aromatic nitrogens is 2. The van der Waals surface area contributed by atoms with Gasteiger partial charge < -0.3 is 4.57 Å². The largest absolute Gasteiger partial charge is 0.331 e. The molecule has 0 radical (unpaired) electrons. The molecule has 0 unspecified atom stereocenters. The van der Waals surface area contributed by atoms with Crippen molar-refractivity contribution in [2.45, 2.75) is 6.92 Å². The Morgan fingerprint density at radius 2 is 2.11 bits per heavy atom. The third-order valence-corrected chi connectivity index (χ3v) is 4.16. The molecular weight excluding hydrogens is 244 g/mol. The number of carbonyl (C=O) groups is 1. The lowest BCUT2D eigenvalue weighted by molar-refractivity contribution is 0.112. The molecular formula is C14H12N2OS. The minimum atomic E-state index is 0.513. The maximum absolute atomic E-state index is 11.2. The molecule has 0 saturated carbocycles. The molecule has 0 amide bonds. The Labute approximate surface area is 109 Å². The average molecular weight is 256 g/mol. The number of imidazole rings is 1. The Kier molecular flexibility index (Phi) is 2.52. The van der Waals surface area contributed by atoms with E-state index in [1.54, 1.807) is 11.3 Å². The van der Waals surface area contributed by atoms with Crippen molar-refractivity contribution in [2.75, 3.05) is 0 Å². The zero-order valence-electron chi connectivity index (χ0n) is 10.2. The molecule has 0 fully saturated rings. The van der Waals surface area contributed by atoms with Crippen molar-refractivity contribution in [3.63, 3.8) is 0 Å². The molecule has 4 heteroatoms. The van der Waals surface area contributed by atoms with Gasteiger partial charge in [-0.2, -0.15) is 0 Å². The minimum Gasteiger partial charge on any atom is -0.331 e. The van der Waals surface area contributed by atoms with Gasteiger partial charge in [0, 0.05) is 28.1 Å². The van der Waals surface area contributed by atoms with E-state index in [4.69, 9.17) is 0 Å². The Balaban J connectivity index is 2.36. The van der Waals surface area contributed by atoms with Crippen LogP contribution in [0.2, 0.25) is 0 Å². The molecule has 0 spiro atoms. The van der Waals surface area contributed by atoms with Crippen LogP contribution in [0.5, 0.6) is 0 Å². The first-order valence-corrected chi connectivity index (χ1v) is 6.55. The van der Waals surface area contributed by atoms with Gasteiger partial charge in [-0.25, -0.2) is 4.98 Å². The van der Waals surface area contributed by atoms with Crippen LogP contribution in [0.3, 0.4) is 0 Å². The zero-order valence-corrected chi connectivity index (χ0v) is 11.0. The molecule has 0 aliphatic carbocycles. The lowest BCUT2D eigenvalue weighted by Crippen LogP contribution is -1.94. The van der Waals surface area contributed by atoms with E-state index in [2.05, 4.69) is 22.5 Å². The van der Waals surface area contributed by atoms with Crippen LogP contribution in [-0.2, 0) is 7.05 Å². The van der Waals surface area contributed by atoms with Gasteiger partial charge in [-0.3, -0.25) is 4.79 Å².